The summed E-state index contributed by atoms with van der Waals surface area (Å²) in [6.07, 6.45) is -2.82. The van der Waals surface area contributed by atoms with Crippen molar-refractivity contribution in [2.75, 3.05) is 11.9 Å². The van der Waals surface area contributed by atoms with E-state index >= 15 is 0 Å². The summed E-state index contributed by atoms with van der Waals surface area (Å²) in [4.78, 5) is 22.3. The van der Waals surface area contributed by atoms with Crippen LogP contribution in [0.4, 0.5) is 27.8 Å². The van der Waals surface area contributed by atoms with E-state index in [4.69, 9.17) is 0 Å². The number of hydrogen-bond acceptors (Lipinski definition) is 5. The van der Waals surface area contributed by atoms with Gasteiger partial charge in [-0.2, -0.15) is 22.0 Å². The zero-order chi connectivity index (χ0) is 26.3. The lowest BCUT2D eigenvalue weighted by Crippen LogP contribution is -2.23. The Balaban J connectivity index is 1.70. The highest BCUT2D eigenvalue weighted by Gasteiger charge is 2.27. The minimum Gasteiger partial charge on any atom is -0.435 e. The van der Waals surface area contributed by atoms with Crippen LogP contribution in [0.1, 0.15) is 0 Å². The van der Waals surface area contributed by atoms with Gasteiger partial charge in [-0.25, -0.2) is 9.97 Å². The third-order valence-corrected chi connectivity index (χ3v) is 5.68. The van der Waals surface area contributed by atoms with Gasteiger partial charge < -0.3 is 14.6 Å². The van der Waals surface area contributed by atoms with Crippen molar-refractivity contribution in [3.05, 3.63) is 77.3 Å². The molecular weight excluding hydrogens is 497 g/mol. The number of benzene rings is 2. The number of ether oxygens (including phenoxy) is 1. The van der Waals surface area contributed by atoms with E-state index in [1.807, 2.05) is 13.1 Å². The summed E-state index contributed by atoms with van der Waals surface area (Å²) in [6.45, 7) is -4.33. The molecule has 0 radical (unpaired) electrons. The van der Waals surface area contributed by atoms with Crippen molar-refractivity contribution in [3.63, 3.8) is 0 Å². The minimum absolute atomic E-state index is 0.0836. The molecule has 5 aromatic rings. The van der Waals surface area contributed by atoms with Gasteiger partial charge in [-0.3, -0.25) is 9.36 Å². The Hall–Kier alpha value is -4.48. The molecule has 0 atom stereocenters. The molecule has 0 fully saturated rings. The summed E-state index contributed by atoms with van der Waals surface area (Å²) in [5, 5.41) is 2.69. The number of imidazole rings is 1. The van der Waals surface area contributed by atoms with Crippen molar-refractivity contribution in [1.82, 2.24) is 19.1 Å². The molecule has 0 amide bonds. The number of aryl methyl sites for hydroxylation is 1. The number of fused-ring (bicyclic) bond motifs is 2. The van der Waals surface area contributed by atoms with Gasteiger partial charge in [0.15, 0.2) is 0 Å². The standard InChI is InChI=1S/C25H18F5N5O2/c1-34-13-32-19-8-2-14(11-20(19)34)18-10-15-3-9-21(31-12-25(28,29)30)33-22(15)35(23(18)36)16-4-6-17(7-5-16)37-24(26)27/h2-11,13,24H,12H2,1H3,(H,31,33). The molecule has 0 spiro atoms. The predicted molar refractivity (Wildman–Crippen MR) is 128 cm³/mol. The third-order valence-electron chi connectivity index (χ3n) is 5.68. The van der Waals surface area contributed by atoms with Gasteiger partial charge in [-0.1, -0.05) is 6.07 Å². The number of anilines is 1. The number of nitrogens with zero attached hydrogens (tertiary/aromatic N) is 4. The molecule has 7 nitrogen and oxygen atoms in total. The van der Waals surface area contributed by atoms with Crippen molar-refractivity contribution in [2.45, 2.75) is 12.8 Å². The van der Waals surface area contributed by atoms with Crippen molar-refractivity contribution >= 4 is 27.9 Å². The van der Waals surface area contributed by atoms with Crippen LogP contribution in [0.15, 0.2) is 71.8 Å². The topological polar surface area (TPSA) is 74.0 Å². The average Bonchev–Trinajstić information content (AvgIpc) is 3.22. The molecule has 190 valence electrons. The van der Waals surface area contributed by atoms with Crippen LogP contribution in [0.5, 0.6) is 5.75 Å². The van der Waals surface area contributed by atoms with Crippen LogP contribution in [-0.2, 0) is 7.05 Å². The van der Waals surface area contributed by atoms with Crippen LogP contribution in [0.2, 0.25) is 0 Å². The lowest BCUT2D eigenvalue weighted by atomic mass is 10.0. The quantitative estimate of drug-likeness (QED) is 0.302. The van der Waals surface area contributed by atoms with Crippen molar-refractivity contribution < 1.29 is 26.7 Å². The summed E-state index contributed by atoms with van der Waals surface area (Å²) in [5.74, 6) is -0.200. The molecule has 0 aliphatic heterocycles. The molecule has 0 unspecified atom stereocenters. The number of nitrogens with one attached hydrogen (secondary N) is 1. The number of aromatic nitrogens is 4. The molecule has 1 N–H and O–H groups in total. The molecule has 0 saturated heterocycles. The minimum atomic E-state index is -4.47. The Morgan fingerprint density at radius 1 is 1.03 bits per heavy atom. The molecule has 0 aliphatic carbocycles. The third kappa shape index (κ3) is 4.95. The van der Waals surface area contributed by atoms with Crippen LogP contribution in [0.3, 0.4) is 0 Å². The van der Waals surface area contributed by atoms with Crippen LogP contribution < -0.4 is 15.6 Å². The van der Waals surface area contributed by atoms with E-state index in [2.05, 4.69) is 20.0 Å². The van der Waals surface area contributed by atoms with E-state index in [0.717, 1.165) is 11.0 Å². The lowest BCUT2D eigenvalue weighted by molar-refractivity contribution is -0.115. The fourth-order valence-electron chi connectivity index (χ4n) is 3.99. The van der Waals surface area contributed by atoms with Crippen molar-refractivity contribution in [2.24, 2.45) is 7.05 Å². The molecule has 12 heteroatoms. The molecule has 2 aromatic carbocycles. The van der Waals surface area contributed by atoms with Crippen LogP contribution in [0.25, 0.3) is 38.9 Å². The zero-order valence-electron chi connectivity index (χ0n) is 19.1. The Kier molecular flexibility index (Phi) is 6.02. The van der Waals surface area contributed by atoms with Gasteiger partial charge in [0.25, 0.3) is 5.56 Å². The fraction of sp³-hybridized carbons (Fsp3) is 0.160. The Bertz CT molecular complexity index is 1660. The van der Waals surface area contributed by atoms with E-state index in [1.54, 1.807) is 35.2 Å². The van der Waals surface area contributed by atoms with Crippen LogP contribution in [-0.4, -0.2) is 38.4 Å². The molecule has 3 heterocycles. The van der Waals surface area contributed by atoms with Crippen LogP contribution in [0, 0.1) is 0 Å². The first kappa shape index (κ1) is 24.2. The lowest BCUT2D eigenvalue weighted by Gasteiger charge is -2.15. The van der Waals surface area contributed by atoms with Gasteiger partial charge in [-0.15, -0.1) is 0 Å². The second-order valence-electron chi connectivity index (χ2n) is 8.21. The number of rotatable bonds is 6. The van der Waals surface area contributed by atoms with Gasteiger partial charge in [-0.05, 0) is 60.2 Å². The smallest absolute Gasteiger partial charge is 0.405 e. The zero-order valence-corrected chi connectivity index (χ0v) is 19.1. The van der Waals surface area contributed by atoms with E-state index < -0.39 is 24.9 Å². The first-order chi connectivity index (χ1) is 17.6. The second-order valence-corrected chi connectivity index (χ2v) is 8.21. The normalized spacial score (nSPS) is 12.0. The molecular formula is C25H18F5N5O2. The number of pyridine rings is 2. The molecule has 0 bridgehead atoms. The van der Waals surface area contributed by atoms with Gasteiger partial charge in [0.2, 0.25) is 0 Å². The van der Waals surface area contributed by atoms with Crippen LogP contribution >= 0.6 is 0 Å². The van der Waals surface area contributed by atoms with E-state index in [9.17, 15) is 26.7 Å². The molecule has 5 rings (SSSR count). The number of alkyl halides is 5. The first-order valence-corrected chi connectivity index (χ1v) is 10.9. The number of hydrogen-bond donors (Lipinski definition) is 1. The maximum atomic E-state index is 13.8. The second kappa shape index (κ2) is 9.19. The summed E-state index contributed by atoms with van der Waals surface area (Å²) in [7, 11) is 1.82. The summed E-state index contributed by atoms with van der Waals surface area (Å²) >= 11 is 0. The molecule has 0 aliphatic rings. The maximum absolute atomic E-state index is 13.8. The van der Waals surface area contributed by atoms with Crippen molar-refractivity contribution in [1.29, 1.82) is 0 Å². The molecule has 3 aromatic heterocycles. The molecule has 37 heavy (non-hydrogen) atoms. The summed E-state index contributed by atoms with van der Waals surface area (Å²) in [5.41, 5.74) is 2.28. The van der Waals surface area contributed by atoms with Gasteiger partial charge in [0.1, 0.15) is 23.8 Å². The van der Waals surface area contributed by atoms with Gasteiger partial charge in [0, 0.05) is 18.0 Å². The first-order valence-electron chi connectivity index (χ1n) is 10.9. The van der Waals surface area contributed by atoms with E-state index in [0.29, 0.717) is 16.5 Å². The van der Waals surface area contributed by atoms with Gasteiger partial charge >= 0.3 is 12.8 Å². The molecule has 0 saturated carbocycles. The largest absolute Gasteiger partial charge is 0.435 e. The maximum Gasteiger partial charge on any atom is 0.405 e. The highest BCUT2D eigenvalue weighted by molar-refractivity contribution is 5.87. The Morgan fingerprint density at radius 3 is 2.49 bits per heavy atom. The SMILES string of the molecule is Cn1cnc2ccc(-c3cc4ccc(NCC(F)(F)F)nc4n(-c4ccc(OC(F)F)cc4)c3=O)cc21. The van der Waals surface area contributed by atoms with E-state index in [1.165, 1.54) is 34.9 Å². The summed E-state index contributed by atoms with van der Waals surface area (Å²) in [6, 6.07) is 15.2. The fourth-order valence-corrected chi connectivity index (χ4v) is 3.99. The highest BCUT2D eigenvalue weighted by atomic mass is 19.4. The Labute approximate surface area is 205 Å². The summed E-state index contributed by atoms with van der Waals surface area (Å²) < 4.78 is 70.8. The monoisotopic (exact) mass is 515 g/mol. The Morgan fingerprint density at radius 2 is 1.78 bits per heavy atom. The predicted octanol–water partition coefficient (Wildman–Crippen LogP) is 5.52. The van der Waals surface area contributed by atoms with Gasteiger partial charge in [0.05, 0.1) is 23.0 Å². The van der Waals surface area contributed by atoms with Crippen molar-refractivity contribution in [3.8, 4) is 22.6 Å². The van der Waals surface area contributed by atoms with E-state index in [-0.39, 0.29) is 22.9 Å². The number of halogens is 5. The average molecular weight is 515 g/mol. The highest BCUT2D eigenvalue weighted by Crippen LogP contribution is 2.27.